The van der Waals surface area contributed by atoms with E-state index in [1.807, 2.05) is 31.2 Å². The molecule has 0 aliphatic rings. The van der Waals surface area contributed by atoms with Crippen LogP contribution in [0.25, 0.3) is 11.1 Å². The first-order valence-electron chi connectivity index (χ1n) is 8.14. The van der Waals surface area contributed by atoms with Crippen molar-refractivity contribution in [3.05, 3.63) is 53.1 Å². The summed E-state index contributed by atoms with van der Waals surface area (Å²) < 4.78 is 10.5. The Kier molecular flexibility index (Phi) is 5.99. The van der Waals surface area contributed by atoms with Crippen LogP contribution in [0.5, 0.6) is 5.75 Å². The summed E-state index contributed by atoms with van der Waals surface area (Å²) >= 11 is 0. The second kappa shape index (κ2) is 7.97. The fourth-order valence-electron chi connectivity index (χ4n) is 3.01. The Morgan fingerprint density at radius 2 is 1.83 bits per heavy atom. The molecule has 0 radical (unpaired) electrons. The molecule has 2 aromatic rings. The zero-order valence-electron chi connectivity index (χ0n) is 14.8. The van der Waals surface area contributed by atoms with Crippen molar-refractivity contribution in [1.82, 2.24) is 0 Å². The summed E-state index contributed by atoms with van der Waals surface area (Å²) in [5, 5.41) is 0. The summed E-state index contributed by atoms with van der Waals surface area (Å²) in [7, 11) is 1.61. The molecule has 0 saturated carbocycles. The molecule has 0 aliphatic heterocycles. The van der Waals surface area contributed by atoms with E-state index >= 15 is 0 Å². The molecule has 4 heteroatoms. The highest BCUT2D eigenvalue weighted by atomic mass is 16.5. The third-order valence-electron chi connectivity index (χ3n) is 4.19. The number of hydrogen-bond acceptors (Lipinski definition) is 4. The summed E-state index contributed by atoms with van der Waals surface area (Å²) in [6, 6.07) is 11.7. The number of benzene rings is 2. The lowest BCUT2D eigenvalue weighted by Crippen LogP contribution is -2.19. The summed E-state index contributed by atoms with van der Waals surface area (Å²) in [5.74, 6) is 0.398. The normalized spacial score (nSPS) is 11.9. The van der Waals surface area contributed by atoms with Crippen LogP contribution in [0.1, 0.15) is 36.1 Å². The van der Waals surface area contributed by atoms with E-state index < -0.39 is 6.04 Å². The molecule has 2 aromatic carbocycles. The topological polar surface area (TPSA) is 61.5 Å². The van der Waals surface area contributed by atoms with Crippen LogP contribution in [-0.2, 0) is 9.53 Å². The number of carbonyl (C=O) groups is 1. The smallest absolute Gasteiger partial charge is 0.307 e. The number of hydrogen-bond donors (Lipinski definition) is 1. The number of aryl methyl sites for hydroxylation is 1. The van der Waals surface area contributed by atoms with Gasteiger partial charge in [-0.05, 0) is 49.1 Å². The SMILES string of the molecule is CCOC(=O)CC(N)c1c(OC)ccc(-c2ccccc2C)c1C. The van der Waals surface area contributed by atoms with Crippen molar-refractivity contribution < 1.29 is 14.3 Å². The Morgan fingerprint density at radius 1 is 1.12 bits per heavy atom. The maximum atomic E-state index is 11.8. The largest absolute Gasteiger partial charge is 0.496 e. The number of carbonyl (C=O) groups excluding carboxylic acids is 1. The van der Waals surface area contributed by atoms with Gasteiger partial charge in [-0.15, -0.1) is 0 Å². The minimum absolute atomic E-state index is 0.127. The maximum Gasteiger partial charge on any atom is 0.307 e. The molecule has 0 heterocycles. The molecule has 128 valence electrons. The third kappa shape index (κ3) is 3.77. The van der Waals surface area contributed by atoms with Gasteiger partial charge in [-0.2, -0.15) is 0 Å². The Hall–Kier alpha value is -2.33. The molecular weight excluding hydrogens is 302 g/mol. The monoisotopic (exact) mass is 327 g/mol. The summed E-state index contributed by atoms with van der Waals surface area (Å²) in [4.78, 5) is 11.8. The molecule has 1 atom stereocenters. The van der Waals surface area contributed by atoms with E-state index in [9.17, 15) is 4.79 Å². The van der Waals surface area contributed by atoms with Gasteiger partial charge >= 0.3 is 5.97 Å². The van der Waals surface area contributed by atoms with Crippen molar-refractivity contribution in [3.63, 3.8) is 0 Å². The molecule has 0 spiro atoms. The van der Waals surface area contributed by atoms with Crippen molar-refractivity contribution in [2.75, 3.05) is 13.7 Å². The van der Waals surface area contributed by atoms with Gasteiger partial charge in [0.2, 0.25) is 0 Å². The molecule has 0 fully saturated rings. The lowest BCUT2D eigenvalue weighted by atomic mass is 9.89. The molecule has 2 N–H and O–H groups in total. The van der Waals surface area contributed by atoms with Crippen LogP contribution in [0.4, 0.5) is 0 Å². The van der Waals surface area contributed by atoms with Crippen molar-refractivity contribution in [3.8, 4) is 16.9 Å². The molecule has 0 saturated heterocycles. The quantitative estimate of drug-likeness (QED) is 0.817. The van der Waals surface area contributed by atoms with Crippen molar-refractivity contribution >= 4 is 5.97 Å². The van der Waals surface area contributed by atoms with E-state index in [1.54, 1.807) is 14.0 Å². The van der Waals surface area contributed by atoms with Gasteiger partial charge in [0.1, 0.15) is 5.75 Å². The molecular formula is C20H25NO3. The molecule has 0 aromatic heterocycles. The molecule has 24 heavy (non-hydrogen) atoms. The zero-order chi connectivity index (χ0) is 17.7. The van der Waals surface area contributed by atoms with Crippen molar-refractivity contribution in [2.45, 2.75) is 33.2 Å². The molecule has 0 aliphatic carbocycles. The molecule has 1 unspecified atom stereocenters. The van der Waals surface area contributed by atoms with Crippen LogP contribution in [0, 0.1) is 13.8 Å². The van der Waals surface area contributed by atoms with Gasteiger partial charge in [0.05, 0.1) is 20.1 Å². The van der Waals surface area contributed by atoms with Gasteiger partial charge in [-0.3, -0.25) is 4.79 Å². The number of ether oxygens (including phenoxy) is 2. The van der Waals surface area contributed by atoms with Gasteiger partial charge in [-0.25, -0.2) is 0 Å². The van der Waals surface area contributed by atoms with Gasteiger partial charge in [0.25, 0.3) is 0 Å². The fourth-order valence-corrected chi connectivity index (χ4v) is 3.01. The van der Waals surface area contributed by atoms with E-state index in [1.165, 1.54) is 5.56 Å². The number of rotatable bonds is 6. The second-order valence-electron chi connectivity index (χ2n) is 5.78. The standard InChI is InChI=1S/C20H25NO3/c1-5-24-19(22)12-17(21)20-14(3)16(10-11-18(20)23-4)15-9-7-6-8-13(15)2/h6-11,17H,5,12,21H2,1-4H3. The number of methoxy groups -OCH3 is 1. The van der Waals surface area contributed by atoms with Crippen molar-refractivity contribution in [2.24, 2.45) is 5.73 Å². The highest BCUT2D eigenvalue weighted by molar-refractivity contribution is 5.75. The first-order valence-corrected chi connectivity index (χ1v) is 8.14. The highest BCUT2D eigenvalue weighted by Crippen LogP contribution is 2.36. The van der Waals surface area contributed by atoms with E-state index in [0.717, 1.165) is 22.3 Å². The van der Waals surface area contributed by atoms with Crippen LogP contribution in [0.2, 0.25) is 0 Å². The van der Waals surface area contributed by atoms with Gasteiger partial charge in [-0.1, -0.05) is 30.3 Å². The Labute approximate surface area is 143 Å². The van der Waals surface area contributed by atoms with E-state index in [4.69, 9.17) is 15.2 Å². The number of nitrogens with two attached hydrogens (primary N) is 1. The average Bonchev–Trinajstić information content (AvgIpc) is 2.55. The van der Waals surface area contributed by atoms with Crippen LogP contribution >= 0.6 is 0 Å². The first-order chi connectivity index (χ1) is 11.5. The van der Waals surface area contributed by atoms with Crippen LogP contribution in [0.3, 0.4) is 0 Å². The Bertz CT molecular complexity index is 725. The highest BCUT2D eigenvalue weighted by Gasteiger charge is 2.21. The first kappa shape index (κ1) is 18.0. The summed E-state index contributed by atoms with van der Waals surface area (Å²) in [5.41, 5.74) is 11.6. The second-order valence-corrected chi connectivity index (χ2v) is 5.78. The van der Waals surface area contributed by atoms with Gasteiger partial charge in [0, 0.05) is 11.6 Å². The van der Waals surface area contributed by atoms with Gasteiger partial charge < -0.3 is 15.2 Å². The van der Waals surface area contributed by atoms with E-state index in [0.29, 0.717) is 12.4 Å². The van der Waals surface area contributed by atoms with Crippen LogP contribution < -0.4 is 10.5 Å². The Morgan fingerprint density at radius 3 is 2.46 bits per heavy atom. The molecule has 0 amide bonds. The third-order valence-corrected chi connectivity index (χ3v) is 4.19. The lowest BCUT2D eigenvalue weighted by molar-refractivity contribution is -0.143. The predicted molar refractivity (Wildman–Crippen MR) is 96.1 cm³/mol. The van der Waals surface area contributed by atoms with E-state index in [-0.39, 0.29) is 12.4 Å². The lowest BCUT2D eigenvalue weighted by Gasteiger charge is -2.21. The Balaban J connectivity index is 2.48. The minimum atomic E-state index is -0.469. The van der Waals surface area contributed by atoms with Crippen LogP contribution in [-0.4, -0.2) is 19.7 Å². The summed E-state index contributed by atoms with van der Waals surface area (Å²) in [6.07, 6.45) is 0.127. The fraction of sp³-hybridized carbons (Fsp3) is 0.350. The zero-order valence-corrected chi connectivity index (χ0v) is 14.8. The molecule has 4 nitrogen and oxygen atoms in total. The molecule has 0 bridgehead atoms. The predicted octanol–water partition coefficient (Wildman–Crippen LogP) is 3.93. The van der Waals surface area contributed by atoms with E-state index in [2.05, 4.69) is 19.1 Å². The van der Waals surface area contributed by atoms with Crippen LogP contribution in [0.15, 0.2) is 36.4 Å². The summed E-state index contributed by atoms with van der Waals surface area (Å²) in [6.45, 7) is 6.24. The number of esters is 1. The minimum Gasteiger partial charge on any atom is -0.496 e. The average molecular weight is 327 g/mol. The molecule has 2 rings (SSSR count). The maximum absolute atomic E-state index is 11.8. The van der Waals surface area contributed by atoms with Crippen molar-refractivity contribution in [1.29, 1.82) is 0 Å². The van der Waals surface area contributed by atoms with Gasteiger partial charge in [0.15, 0.2) is 0 Å².